The normalized spacial score (nSPS) is 9.50. The Morgan fingerprint density at radius 1 is 1.50 bits per heavy atom. The van der Waals surface area contributed by atoms with Gasteiger partial charge in [0.2, 0.25) is 0 Å². The Bertz CT molecular complexity index is 346. The summed E-state index contributed by atoms with van der Waals surface area (Å²) in [6, 6.07) is 6.36. The highest BCUT2D eigenvalue weighted by atomic mass is 19.1. The SMILES string of the molecule is COCOc1ccc(CC#N)cc1F. The second kappa shape index (κ2) is 5.20. The number of halogens is 1. The van der Waals surface area contributed by atoms with Gasteiger partial charge in [-0.25, -0.2) is 4.39 Å². The molecule has 0 aromatic heterocycles. The van der Waals surface area contributed by atoms with Crippen molar-refractivity contribution in [2.45, 2.75) is 6.42 Å². The Balaban J connectivity index is 2.75. The van der Waals surface area contributed by atoms with Gasteiger partial charge < -0.3 is 9.47 Å². The number of benzene rings is 1. The van der Waals surface area contributed by atoms with Crippen LogP contribution < -0.4 is 4.74 Å². The van der Waals surface area contributed by atoms with E-state index in [4.69, 9.17) is 10.00 Å². The minimum atomic E-state index is -0.477. The van der Waals surface area contributed by atoms with Crippen molar-refractivity contribution in [2.75, 3.05) is 13.9 Å². The molecule has 1 rings (SSSR count). The lowest BCUT2D eigenvalue weighted by Crippen LogP contribution is -2.01. The topological polar surface area (TPSA) is 42.2 Å². The lowest BCUT2D eigenvalue weighted by molar-refractivity contribution is 0.0483. The molecular weight excluding hydrogens is 185 g/mol. The van der Waals surface area contributed by atoms with Crippen molar-refractivity contribution in [1.29, 1.82) is 5.26 Å². The number of methoxy groups -OCH3 is 1. The number of nitrogens with zero attached hydrogens (tertiary/aromatic N) is 1. The molecular formula is C10H10FNO2. The van der Waals surface area contributed by atoms with Crippen molar-refractivity contribution in [3.05, 3.63) is 29.6 Å². The molecule has 0 aliphatic heterocycles. The molecule has 1 aromatic rings. The fraction of sp³-hybridized carbons (Fsp3) is 0.300. The highest BCUT2D eigenvalue weighted by molar-refractivity contribution is 5.30. The molecule has 74 valence electrons. The minimum absolute atomic E-state index is 0.00845. The molecule has 0 radical (unpaired) electrons. The van der Waals surface area contributed by atoms with E-state index >= 15 is 0 Å². The molecule has 0 N–H and O–H groups in total. The van der Waals surface area contributed by atoms with Crippen LogP contribution in [0.1, 0.15) is 5.56 Å². The summed E-state index contributed by atoms with van der Waals surface area (Å²) in [5.74, 6) is -0.344. The molecule has 0 spiro atoms. The lowest BCUT2D eigenvalue weighted by Gasteiger charge is -2.06. The van der Waals surface area contributed by atoms with Crippen molar-refractivity contribution >= 4 is 0 Å². The van der Waals surface area contributed by atoms with Gasteiger partial charge in [-0.15, -0.1) is 0 Å². The number of nitriles is 1. The summed E-state index contributed by atoms with van der Waals surface area (Å²) in [6.07, 6.45) is 0.196. The van der Waals surface area contributed by atoms with Crippen LogP contribution in [0.15, 0.2) is 18.2 Å². The van der Waals surface area contributed by atoms with Crippen molar-refractivity contribution < 1.29 is 13.9 Å². The van der Waals surface area contributed by atoms with Crippen molar-refractivity contribution in [3.63, 3.8) is 0 Å². The van der Waals surface area contributed by atoms with Crippen molar-refractivity contribution in [2.24, 2.45) is 0 Å². The van der Waals surface area contributed by atoms with Crippen LogP contribution in [0.5, 0.6) is 5.75 Å². The fourth-order valence-corrected chi connectivity index (χ4v) is 0.985. The first-order valence-electron chi connectivity index (χ1n) is 4.05. The molecule has 0 fully saturated rings. The molecule has 0 amide bonds. The van der Waals surface area contributed by atoms with E-state index in [9.17, 15) is 4.39 Å². The van der Waals surface area contributed by atoms with Crippen molar-refractivity contribution in [1.82, 2.24) is 0 Å². The third-order valence-electron chi connectivity index (χ3n) is 1.61. The maximum atomic E-state index is 13.2. The van der Waals surface area contributed by atoms with Crippen LogP contribution in [0.4, 0.5) is 4.39 Å². The first-order chi connectivity index (χ1) is 6.77. The summed E-state index contributed by atoms with van der Waals surface area (Å²) in [6.45, 7) is 0.00845. The van der Waals surface area contributed by atoms with E-state index in [-0.39, 0.29) is 19.0 Å². The molecule has 0 unspecified atom stereocenters. The summed E-state index contributed by atoms with van der Waals surface area (Å²) in [5.41, 5.74) is 0.634. The molecule has 0 atom stereocenters. The summed E-state index contributed by atoms with van der Waals surface area (Å²) < 4.78 is 22.8. The van der Waals surface area contributed by atoms with Gasteiger partial charge >= 0.3 is 0 Å². The average Bonchev–Trinajstić information content (AvgIpc) is 2.17. The van der Waals surface area contributed by atoms with Crippen LogP contribution in [0.2, 0.25) is 0 Å². The average molecular weight is 195 g/mol. The maximum absolute atomic E-state index is 13.2. The smallest absolute Gasteiger partial charge is 0.188 e. The van der Waals surface area contributed by atoms with Crippen LogP contribution in [0, 0.1) is 17.1 Å². The summed E-state index contributed by atoms with van der Waals surface area (Å²) >= 11 is 0. The third kappa shape index (κ3) is 2.71. The van der Waals surface area contributed by atoms with Crippen molar-refractivity contribution in [3.8, 4) is 11.8 Å². The number of hydrogen-bond acceptors (Lipinski definition) is 3. The predicted molar refractivity (Wildman–Crippen MR) is 48.2 cm³/mol. The lowest BCUT2D eigenvalue weighted by atomic mass is 10.1. The molecule has 14 heavy (non-hydrogen) atoms. The first kappa shape index (κ1) is 10.5. The second-order valence-corrected chi connectivity index (χ2v) is 2.65. The molecule has 0 saturated heterocycles. The molecule has 0 heterocycles. The summed E-state index contributed by atoms with van der Waals surface area (Å²) in [5, 5.41) is 8.40. The van der Waals surface area contributed by atoms with Crippen LogP contribution in [-0.4, -0.2) is 13.9 Å². The second-order valence-electron chi connectivity index (χ2n) is 2.65. The quantitative estimate of drug-likeness (QED) is 0.689. The van der Waals surface area contributed by atoms with Gasteiger partial charge in [0.1, 0.15) is 0 Å². The highest BCUT2D eigenvalue weighted by Crippen LogP contribution is 2.18. The zero-order valence-corrected chi connectivity index (χ0v) is 7.79. The monoisotopic (exact) mass is 195 g/mol. The van der Waals surface area contributed by atoms with Gasteiger partial charge in [-0.3, -0.25) is 0 Å². The number of rotatable bonds is 4. The van der Waals surface area contributed by atoms with E-state index in [0.29, 0.717) is 5.56 Å². The highest BCUT2D eigenvalue weighted by Gasteiger charge is 2.03. The number of hydrogen-bond donors (Lipinski definition) is 0. The van der Waals surface area contributed by atoms with Gasteiger partial charge in [0.15, 0.2) is 18.4 Å². The zero-order chi connectivity index (χ0) is 10.4. The summed E-state index contributed by atoms with van der Waals surface area (Å²) in [4.78, 5) is 0. The fourth-order valence-electron chi connectivity index (χ4n) is 0.985. The van der Waals surface area contributed by atoms with E-state index in [1.807, 2.05) is 6.07 Å². The molecule has 0 bridgehead atoms. The van der Waals surface area contributed by atoms with Gasteiger partial charge in [0, 0.05) is 7.11 Å². The van der Waals surface area contributed by atoms with E-state index < -0.39 is 5.82 Å². The van der Waals surface area contributed by atoms with E-state index in [1.165, 1.54) is 19.2 Å². The predicted octanol–water partition coefficient (Wildman–Crippen LogP) is 1.87. The van der Waals surface area contributed by atoms with E-state index in [0.717, 1.165) is 0 Å². The molecule has 4 heteroatoms. The molecule has 0 saturated carbocycles. The van der Waals surface area contributed by atoms with Crippen LogP contribution >= 0.6 is 0 Å². The van der Waals surface area contributed by atoms with Crippen LogP contribution in [-0.2, 0) is 11.2 Å². The van der Waals surface area contributed by atoms with E-state index in [1.54, 1.807) is 6.07 Å². The first-order valence-corrected chi connectivity index (χ1v) is 4.05. The Labute approximate surface area is 81.7 Å². The Hall–Kier alpha value is -1.60. The van der Waals surface area contributed by atoms with Gasteiger partial charge in [-0.05, 0) is 17.7 Å². The van der Waals surface area contributed by atoms with Gasteiger partial charge in [-0.2, -0.15) is 5.26 Å². The van der Waals surface area contributed by atoms with Crippen LogP contribution in [0.3, 0.4) is 0 Å². The van der Waals surface area contributed by atoms with Gasteiger partial charge in [0.05, 0.1) is 12.5 Å². The standard InChI is InChI=1S/C10H10FNO2/c1-13-7-14-10-3-2-8(4-5-12)6-9(10)11/h2-3,6H,4,7H2,1H3. The van der Waals surface area contributed by atoms with Crippen LogP contribution in [0.25, 0.3) is 0 Å². The molecule has 0 aliphatic rings. The number of ether oxygens (including phenoxy) is 2. The zero-order valence-electron chi connectivity index (χ0n) is 7.79. The van der Waals surface area contributed by atoms with Gasteiger partial charge in [-0.1, -0.05) is 6.07 Å². The van der Waals surface area contributed by atoms with E-state index in [2.05, 4.69) is 4.74 Å². The largest absolute Gasteiger partial charge is 0.464 e. The Morgan fingerprint density at radius 2 is 2.29 bits per heavy atom. The Kier molecular flexibility index (Phi) is 3.89. The third-order valence-corrected chi connectivity index (χ3v) is 1.61. The molecule has 0 aliphatic carbocycles. The minimum Gasteiger partial charge on any atom is -0.464 e. The van der Waals surface area contributed by atoms with Gasteiger partial charge in [0.25, 0.3) is 0 Å². The molecule has 1 aromatic carbocycles. The maximum Gasteiger partial charge on any atom is 0.188 e. The summed E-state index contributed by atoms with van der Waals surface area (Å²) in [7, 11) is 1.46. The molecule has 3 nitrogen and oxygen atoms in total. The Morgan fingerprint density at radius 3 is 2.86 bits per heavy atom.